The number of halogens is 3. The molecule has 0 aliphatic rings. The van der Waals surface area contributed by atoms with Crippen LogP contribution >= 0.6 is 0 Å². The topological polar surface area (TPSA) is 47.9 Å². The molecule has 0 aliphatic carbocycles. The van der Waals surface area contributed by atoms with Crippen molar-refractivity contribution in [1.82, 2.24) is 15.1 Å². The highest BCUT2D eigenvalue weighted by molar-refractivity contribution is 5.84. The molecule has 0 aliphatic heterocycles. The summed E-state index contributed by atoms with van der Waals surface area (Å²) in [6.07, 6.45) is -3.46. The molecule has 0 bridgehead atoms. The van der Waals surface area contributed by atoms with E-state index in [4.69, 9.17) is 0 Å². The molecule has 8 heteroatoms. The van der Waals surface area contributed by atoms with Gasteiger partial charge in [-0.25, -0.2) is 4.99 Å². The van der Waals surface area contributed by atoms with E-state index >= 15 is 0 Å². The van der Waals surface area contributed by atoms with E-state index in [-0.39, 0.29) is 12.5 Å². The Bertz CT molecular complexity index is 583. The number of carbonyl (C=O) groups excluding carboxylic acids is 1. The van der Waals surface area contributed by atoms with Crippen LogP contribution in [0.2, 0.25) is 0 Å². The van der Waals surface area contributed by atoms with Crippen LogP contribution in [0.1, 0.15) is 24.5 Å². The average Bonchev–Trinajstić information content (AvgIpc) is 2.54. The predicted molar refractivity (Wildman–Crippen MR) is 92.2 cm³/mol. The minimum atomic E-state index is -4.34. The Morgan fingerprint density at radius 2 is 1.76 bits per heavy atom. The van der Waals surface area contributed by atoms with Crippen molar-refractivity contribution < 1.29 is 18.0 Å². The van der Waals surface area contributed by atoms with Gasteiger partial charge in [0.25, 0.3) is 0 Å². The highest BCUT2D eigenvalue weighted by atomic mass is 19.4. The summed E-state index contributed by atoms with van der Waals surface area (Å²) in [6, 6.07) is 5.02. The summed E-state index contributed by atoms with van der Waals surface area (Å²) in [7, 11) is 5.09. The lowest BCUT2D eigenvalue weighted by atomic mass is 10.1. The molecule has 0 atom stereocenters. The van der Waals surface area contributed by atoms with Crippen molar-refractivity contribution in [2.45, 2.75) is 26.1 Å². The van der Waals surface area contributed by atoms with Gasteiger partial charge in [-0.1, -0.05) is 19.1 Å². The van der Waals surface area contributed by atoms with E-state index in [0.29, 0.717) is 19.0 Å². The first-order valence-corrected chi connectivity index (χ1v) is 8.01. The van der Waals surface area contributed by atoms with E-state index in [1.165, 1.54) is 17.0 Å². The quantitative estimate of drug-likeness (QED) is 0.628. The highest BCUT2D eigenvalue weighted by Crippen LogP contribution is 2.29. The molecule has 0 fully saturated rings. The highest BCUT2D eigenvalue weighted by Gasteiger charge is 2.29. The number of benzene rings is 1. The SMILES string of the molecule is CCCNC(=NCC(=O)N(C)C)N(C)Cc1ccc(C(F)(F)F)cc1. The van der Waals surface area contributed by atoms with Crippen LogP contribution in [0.4, 0.5) is 13.2 Å². The van der Waals surface area contributed by atoms with Crippen LogP contribution in [0, 0.1) is 0 Å². The molecule has 1 rings (SSSR count). The Morgan fingerprint density at radius 1 is 1.16 bits per heavy atom. The molecule has 1 aromatic rings. The minimum Gasteiger partial charge on any atom is -0.356 e. The van der Waals surface area contributed by atoms with Crippen LogP contribution in [-0.2, 0) is 17.5 Å². The van der Waals surface area contributed by atoms with E-state index < -0.39 is 11.7 Å². The fraction of sp³-hybridized carbons (Fsp3) is 0.529. The molecular weight excluding hydrogens is 333 g/mol. The maximum atomic E-state index is 12.6. The van der Waals surface area contributed by atoms with Crippen LogP contribution in [-0.4, -0.2) is 55.9 Å². The van der Waals surface area contributed by atoms with Crippen LogP contribution in [0.5, 0.6) is 0 Å². The van der Waals surface area contributed by atoms with Crippen LogP contribution in [0.25, 0.3) is 0 Å². The van der Waals surface area contributed by atoms with Crippen LogP contribution in [0.3, 0.4) is 0 Å². The normalized spacial score (nSPS) is 12.0. The molecule has 0 spiro atoms. The Kier molecular flexibility index (Phi) is 7.73. The lowest BCUT2D eigenvalue weighted by Gasteiger charge is -2.23. The molecule has 1 aromatic carbocycles. The first-order valence-electron chi connectivity index (χ1n) is 8.01. The molecule has 0 saturated carbocycles. The van der Waals surface area contributed by atoms with Gasteiger partial charge in [-0.2, -0.15) is 13.2 Å². The van der Waals surface area contributed by atoms with Crippen molar-refractivity contribution >= 4 is 11.9 Å². The van der Waals surface area contributed by atoms with E-state index in [1.54, 1.807) is 26.0 Å². The fourth-order valence-corrected chi connectivity index (χ4v) is 1.98. The maximum Gasteiger partial charge on any atom is 0.416 e. The van der Waals surface area contributed by atoms with E-state index in [0.717, 1.165) is 24.1 Å². The predicted octanol–water partition coefficient (Wildman–Crippen LogP) is 2.58. The van der Waals surface area contributed by atoms with Gasteiger partial charge in [-0.15, -0.1) is 0 Å². The van der Waals surface area contributed by atoms with Crippen molar-refractivity contribution in [2.75, 3.05) is 34.2 Å². The Balaban J connectivity index is 2.81. The fourth-order valence-electron chi connectivity index (χ4n) is 1.98. The molecule has 0 aromatic heterocycles. The molecule has 1 N–H and O–H groups in total. The third kappa shape index (κ3) is 7.03. The molecular formula is C17H25F3N4O. The smallest absolute Gasteiger partial charge is 0.356 e. The standard InChI is InChI=1S/C17H25F3N4O/c1-5-10-21-16(22-11-15(25)23(2)3)24(4)12-13-6-8-14(9-7-13)17(18,19)20/h6-9H,5,10-12H2,1-4H3,(H,21,22). The number of likely N-dealkylation sites (N-methyl/N-ethyl adjacent to an activating group) is 1. The first-order chi connectivity index (χ1) is 11.6. The molecule has 140 valence electrons. The van der Waals surface area contributed by atoms with Crippen molar-refractivity contribution in [3.63, 3.8) is 0 Å². The second-order valence-corrected chi connectivity index (χ2v) is 5.91. The summed E-state index contributed by atoms with van der Waals surface area (Å²) in [5.41, 5.74) is 0.0499. The Labute approximate surface area is 146 Å². The van der Waals surface area contributed by atoms with Gasteiger partial charge >= 0.3 is 6.18 Å². The average molecular weight is 358 g/mol. The zero-order valence-electron chi connectivity index (χ0n) is 15.0. The van der Waals surface area contributed by atoms with Gasteiger partial charge in [-0.05, 0) is 24.1 Å². The zero-order chi connectivity index (χ0) is 19.0. The number of nitrogens with zero attached hydrogens (tertiary/aromatic N) is 3. The van der Waals surface area contributed by atoms with Gasteiger partial charge in [-0.3, -0.25) is 4.79 Å². The molecule has 25 heavy (non-hydrogen) atoms. The van der Waals surface area contributed by atoms with Crippen LogP contribution in [0.15, 0.2) is 29.3 Å². The van der Waals surface area contributed by atoms with Gasteiger partial charge in [0.2, 0.25) is 5.91 Å². The second kappa shape index (κ2) is 9.29. The van der Waals surface area contributed by atoms with Gasteiger partial charge in [0, 0.05) is 34.2 Å². The zero-order valence-corrected chi connectivity index (χ0v) is 15.0. The summed E-state index contributed by atoms with van der Waals surface area (Å²) < 4.78 is 37.8. The lowest BCUT2D eigenvalue weighted by molar-refractivity contribution is -0.137. The number of amides is 1. The number of carbonyl (C=O) groups is 1. The number of rotatable bonds is 6. The van der Waals surface area contributed by atoms with Gasteiger partial charge in [0.1, 0.15) is 6.54 Å². The molecule has 1 amide bonds. The van der Waals surface area contributed by atoms with Gasteiger partial charge < -0.3 is 15.1 Å². The molecule has 0 radical (unpaired) electrons. The van der Waals surface area contributed by atoms with Gasteiger partial charge in [0.05, 0.1) is 5.56 Å². The number of hydrogen-bond donors (Lipinski definition) is 1. The summed E-state index contributed by atoms with van der Waals surface area (Å²) in [5.74, 6) is 0.413. The van der Waals surface area contributed by atoms with E-state index in [9.17, 15) is 18.0 Å². The summed E-state index contributed by atoms with van der Waals surface area (Å²) in [5, 5.41) is 3.14. The van der Waals surface area contributed by atoms with Gasteiger partial charge in [0.15, 0.2) is 5.96 Å². The first kappa shape index (κ1) is 20.8. The lowest BCUT2D eigenvalue weighted by Crippen LogP contribution is -2.40. The largest absolute Gasteiger partial charge is 0.416 e. The minimum absolute atomic E-state index is 0.0103. The summed E-state index contributed by atoms with van der Waals surface area (Å²) in [6.45, 7) is 3.08. The monoisotopic (exact) mass is 358 g/mol. The van der Waals surface area contributed by atoms with E-state index in [2.05, 4.69) is 10.3 Å². The maximum absolute atomic E-state index is 12.6. The second-order valence-electron chi connectivity index (χ2n) is 5.91. The molecule has 5 nitrogen and oxygen atoms in total. The Hall–Kier alpha value is -2.25. The van der Waals surface area contributed by atoms with Crippen LogP contribution < -0.4 is 5.32 Å². The number of guanidine groups is 1. The Morgan fingerprint density at radius 3 is 2.24 bits per heavy atom. The number of nitrogens with one attached hydrogen (secondary N) is 1. The van der Waals surface area contributed by atoms with Crippen molar-refractivity contribution in [3.8, 4) is 0 Å². The summed E-state index contributed by atoms with van der Waals surface area (Å²) in [4.78, 5) is 19.2. The van der Waals surface area contributed by atoms with Crippen molar-refractivity contribution in [1.29, 1.82) is 0 Å². The van der Waals surface area contributed by atoms with Crippen molar-refractivity contribution in [2.24, 2.45) is 4.99 Å². The summed E-state index contributed by atoms with van der Waals surface area (Å²) >= 11 is 0. The molecule has 0 heterocycles. The third-order valence-corrected chi connectivity index (χ3v) is 3.46. The molecule has 0 unspecified atom stereocenters. The number of alkyl halides is 3. The number of hydrogen-bond acceptors (Lipinski definition) is 2. The van der Waals surface area contributed by atoms with E-state index in [1.807, 2.05) is 6.92 Å². The molecule has 0 saturated heterocycles. The third-order valence-electron chi connectivity index (χ3n) is 3.46. The van der Waals surface area contributed by atoms with Crippen molar-refractivity contribution in [3.05, 3.63) is 35.4 Å². The number of aliphatic imine (C=N–C) groups is 1.